The quantitative estimate of drug-likeness (QED) is 0.924. The highest BCUT2D eigenvalue weighted by Gasteiger charge is 2.32. The van der Waals surface area contributed by atoms with Crippen LogP contribution in [0.4, 0.5) is 0 Å². The smallest absolute Gasteiger partial charge is 0.329 e. The van der Waals surface area contributed by atoms with Crippen molar-refractivity contribution in [3.63, 3.8) is 0 Å². The van der Waals surface area contributed by atoms with Crippen molar-refractivity contribution in [1.29, 1.82) is 0 Å². The van der Waals surface area contributed by atoms with E-state index in [0.717, 1.165) is 4.47 Å². The lowest BCUT2D eigenvalue weighted by Crippen LogP contribution is -2.36. The van der Waals surface area contributed by atoms with Crippen molar-refractivity contribution in [2.75, 3.05) is 0 Å². The topological polar surface area (TPSA) is 68.0 Å². The van der Waals surface area contributed by atoms with E-state index < -0.39 is 11.5 Å². The number of carboxylic acid groups (broad SMARTS) is 1. The van der Waals surface area contributed by atoms with Gasteiger partial charge in [0.05, 0.1) is 0 Å². The second-order valence-corrected chi connectivity index (χ2v) is 5.27. The van der Waals surface area contributed by atoms with E-state index in [1.165, 1.54) is 0 Å². The first-order valence-electron chi connectivity index (χ1n) is 5.08. The molecule has 0 atom stereocenters. The molecular formula is C11H12BrN3O2. The largest absolute Gasteiger partial charge is 0.480 e. The average molecular weight is 298 g/mol. The second-order valence-electron chi connectivity index (χ2n) is 4.35. The van der Waals surface area contributed by atoms with Crippen molar-refractivity contribution >= 4 is 33.1 Å². The molecule has 0 radical (unpaired) electrons. The Bertz CT molecular complexity index is 604. The number of aliphatic carboxylic acids is 1. The molecule has 0 unspecified atom stereocenters. The van der Waals surface area contributed by atoms with E-state index in [1.54, 1.807) is 31.5 Å². The summed E-state index contributed by atoms with van der Waals surface area (Å²) >= 11 is 3.32. The molecule has 0 aliphatic rings. The van der Waals surface area contributed by atoms with Gasteiger partial charge in [0, 0.05) is 10.7 Å². The zero-order valence-electron chi connectivity index (χ0n) is 9.73. The van der Waals surface area contributed by atoms with E-state index in [9.17, 15) is 9.90 Å². The summed E-state index contributed by atoms with van der Waals surface area (Å²) in [5, 5.41) is 9.27. The van der Waals surface area contributed by atoms with E-state index in [1.807, 2.05) is 6.07 Å². The van der Waals surface area contributed by atoms with Gasteiger partial charge in [-0.25, -0.2) is 14.8 Å². The number of carbonyl (C=O) groups is 1. The third-order valence-electron chi connectivity index (χ3n) is 2.71. The number of carboxylic acids is 1. The van der Waals surface area contributed by atoms with Crippen LogP contribution in [-0.2, 0) is 10.3 Å². The van der Waals surface area contributed by atoms with Gasteiger partial charge in [-0.2, -0.15) is 0 Å². The van der Waals surface area contributed by atoms with Crippen molar-refractivity contribution in [3.05, 3.63) is 22.6 Å². The molecule has 0 aromatic carbocycles. The van der Waals surface area contributed by atoms with Gasteiger partial charge in [0.2, 0.25) is 0 Å². The number of imidazole rings is 1. The lowest BCUT2D eigenvalue weighted by Gasteiger charge is -2.23. The highest BCUT2D eigenvalue weighted by molar-refractivity contribution is 9.10. The third kappa shape index (κ3) is 1.82. The zero-order chi connectivity index (χ0) is 12.8. The van der Waals surface area contributed by atoms with Gasteiger partial charge in [0.1, 0.15) is 16.9 Å². The molecule has 1 N–H and O–H groups in total. The minimum absolute atomic E-state index is 0.582. The summed E-state index contributed by atoms with van der Waals surface area (Å²) in [6.07, 6.45) is 1.64. The maximum absolute atomic E-state index is 11.3. The van der Waals surface area contributed by atoms with E-state index in [2.05, 4.69) is 25.9 Å². The summed E-state index contributed by atoms with van der Waals surface area (Å²) in [5.41, 5.74) is 0.198. The first-order valence-corrected chi connectivity index (χ1v) is 5.88. The van der Waals surface area contributed by atoms with Gasteiger partial charge in [-0.3, -0.25) is 4.57 Å². The fourth-order valence-corrected chi connectivity index (χ4v) is 2.14. The van der Waals surface area contributed by atoms with Gasteiger partial charge in [0.25, 0.3) is 0 Å². The van der Waals surface area contributed by atoms with Gasteiger partial charge in [-0.1, -0.05) is 0 Å². The number of nitrogens with zero attached hydrogens (tertiary/aromatic N) is 3. The van der Waals surface area contributed by atoms with Crippen LogP contribution in [0.2, 0.25) is 0 Å². The number of rotatable bonds is 2. The zero-order valence-corrected chi connectivity index (χ0v) is 11.3. The summed E-state index contributed by atoms with van der Waals surface area (Å²) in [6, 6.07) is 1.82. The van der Waals surface area contributed by atoms with Gasteiger partial charge in [-0.15, -0.1) is 0 Å². The number of aryl methyl sites for hydroxylation is 1. The Morgan fingerprint density at radius 1 is 1.53 bits per heavy atom. The Morgan fingerprint density at radius 2 is 2.18 bits per heavy atom. The van der Waals surface area contributed by atoms with Crippen LogP contribution in [0, 0.1) is 6.92 Å². The Hall–Kier alpha value is -1.43. The van der Waals surface area contributed by atoms with Crippen LogP contribution in [-0.4, -0.2) is 25.6 Å². The van der Waals surface area contributed by atoms with Crippen molar-refractivity contribution < 1.29 is 9.90 Å². The van der Waals surface area contributed by atoms with Gasteiger partial charge in [0.15, 0.2) is 5.65 Å². The predicted octanol–water partition coefficient (Wildman–Crippen LogP) is 2.32. The SMILES string of the molecule is Cc1nc2cc(Br)cnc2n1C(C)(C)C(=O)O. The Balaban J connectivity index is 2.78. The minimum atomic E-state index is -1.07. The van der Waals surface area contributed by atoms with Crippen molar-refractivity contribution in [3.8, 4) is 0 Å². The molecular weight excluding hydrogens is 286 g/mol. The van der Waals surface area contributed by atoms with E-state index in [-0.39, 0.29) is 0 Å². The summed E-state index contributed by atoms with van der Waals surface area (Å²) in [4.78, 5) is 19.9. The number of aromatic nitrogens is 3. The van der Waals surface area contributed by atoms with Crippen LogP contribution in [0.3, 0.4) is 0 Å². The Kier molecular flexibility index (Phi) is 2.69. The maximum atomic E-state index is 11.3. The summed E-state index contributed by atoms with van der Waals surface area (Å²) < 4.78 is 2.46. The lowest BCUT2D eigenvalue weighted by molar-refractivity contribution is -0.145. The normalized spacial score (nSPS) is 12.0. The number of fused-ring (bicyclic) bond motifs is 1. The Labute approximate surface area is 107 Å². The van der Waals surface area contributed by atoms with Crippen LogP contribution in [0.1, 0.15) is 19.7 Å². The molecule has 5 nitrogen and oxygen atoms in total. The molecule has 2 aromatic heterocycles. The molecule has 0 saturated heterocycles. The fourth-order valence-electron chi connectivity index (χ4n) is 1.82. The van der Waals surface area contributed by atoms with E-state index >= 15 is 0 Å². The molecule has 2 aromatic rings. The first-order chi connectivity index (χ1) is 7.84. The molecule has 0 amide bonds. The lowest BCUT2D eigenvalue weighted by atomic mass is 10.1. The maximum Gasteiger partial charge on any atom is 0.329 e. The predicted molar refractivity (Wildman–Crippen MR) is 66.9 cm³/mol. The van der Waals surface area contributed by atoms with Crippen LogP contribution in [0.25, 0.3) is 11.2 Å². The average Bonchev–Trinajstić information content (AvgIpc) is 2.53. The van der Waals surface area contributed by atoms with Gasteiger partial charge in [-0.05, 0) is 42.8 Å². The number of halogens is 1. The molecule has 0 fully saturated rings. The van der Waals surface area contributed by atoms with E-state index in [4.69, 9.17) is 0 Å². The number of hydrogen-bond acceptors (Lipinski definition) is 3. The van der Waals surface area contributed by atoms with Crippen LogP contribution >= 0.6 is 15.9 Å². The molecule has 6 heteroatoms. The van der Waals surface area contributed by atoms with Gasteiger partial charge >= 0.3 is 5.97 Å². The van der Waals surface area contributed by atoms with Crippen molar-refractivity contribution in [2.24, 2.45) is 0 Å². The monoisotopic (exact) mass is 297 g/mol. The highest BCUT2D eigenvalue weighted by Crippen LogP contribution is 2.25. The summed E-state index contributed by atoms with van der Waals surface area (Å²) in [7, 11) is 0. The van der Waals surface area contributed by atoms with Gasteiger partial charge < -0.3 is 5.11 Å². The minimum Gasteiger partial charge on any atom is -0.480 e. The second kappa shape index (κ2) is 3.80. The molecule has 0 bridgehead atoms. The Morgan fingerprint density at radius 3 is 2.76 bits per heavy atom. The van der Waals surface area contributed by atoms with Crippen molar-refractivity contribution in [2.45, 2.75) is 26.3 Å². The molecule has 17 heavy (non-hydrogen) atoms. The molecule has 0 saturated carbocycles. The standard InChI is InChI=1S/C11H12BrN3O2/c1-6-14-8-4-7(12)5-13-9(8)15(6)11(2,3)10(16)17/h4-5H,1-3H3,(H,16,17). The molecule has 90 valence electrons. The molecule has 2 rings (SSSR count). The van der Waals surface area contributed by atoms with E-state index in [0.29, 0.717) is 17.0 Å². The molecule has 0 spiro atoms. The summed E-state index contributed by atoms with van der Waals surface area (Å²) in [6.45, 7) is 5.04. The first kappa shape index (κ1) is 12.0. The van der Waals surface area contributed by atoms with Crippen LogP contribution in [0.15, 0.2) is 16.7 Å². The van der Waals surface area contributed by atoms with Crippen molar-refractivity contribution in [1.82, 2.24) is 14.5 Å². The number of hydrogen-bond donors (Lipinski definition) is 1. The molecule has 0 aliphatic carbocycles. The fraction of sp³-hybridized carbons (Fsp3) is 0.364. The number of pyridine rings is 1. The van der Waals surface area contributed by atoms with Crippen LogP contribution in [0.5, 0.6) is 0 Å². The summed E-state index contributed by atoms with van der Waals surface area (Å²) in [5.74, 6) is -0.275. The third-order valence-corrected chi connectivity index (χ3v) is 3.15. The van der Waals surface area contributed by atoms with Crippen LogP contribution < -0.4 is 0 Å². The molecule has 0 aliphatic heterocycles. The highest BCUT2D eigenvalue weighted by atomic mass is 79.9. The molecule has 2 heterocycles.